The molecular formula is C18H19NO3S. The van der Waals surface area contributed by atoms with Crippen LogP contribution in [0.4, 0.5) is 0 Å². The van der Waals surface area contributed by atoms with Crippen LogP contribution in [0, 0.1) is 0 Å². The molecule has 1 atom stereocenters. The van der Waals surface area contributed by atoms with Crippen molar-refractivity contribution in [2.45, 2.75) is 11.7 Å². The van der Waals surface area contributed by atoms with Gasteiger partial charge in [0.15, 0.2) is 0 Å². The Kier molecular flexibility index (Phi) is 5.08. The van der Waals surface area contributed by atoms with Gasteiger partial charge in [-0.2, -0.15) is 11.8 Å². The van der Waals surface area contributed by atoms with E-state index in [4.69, 9.17) is 9.47 Å². The van der Waals surface area contributed by atoms with Crippen LogP contribution in [-0.4, -0.2) is 25.3 Å². The normalized spacial score (nSPS) is 18.0. The largest absolute Gasteiger partial charge is 0.497 e. The standard InChI is InChI=1S/C18H19NO3S/c1-21-14-6-8-16(9-7-14)22-15-4-2-13(3-5-15)17-12-18(20)19-10-11-23-17/h2-9,17H,10-12H2,1H3,(H,19,20). The molecule has 0 aromatic heterocycles. The Morgan fingerprint density at radius 1 is 1.00 bits per heavy atom. The van der Waals surface area contributed by atoms with Crippen molar-refractivity contribution in [3.05, 3.63) is 54.1 Å². The van der Waals surface area contributed by atoms with Crippen LogP contribution in [0.1, 0.15) is 17.2 Å². The third-order valence-electron chi connectivity index (χ3n) is 3.66. The topological polar surface area (TPSA) is 47.6 Å². The SMILES string of the molecule is COc1ccc(Oc2ccc(C3CC(=O)NCCS3)cc2)cc1. The number of hydrogen-bond acceptors (Lipinski definition) is 4. The zero-order chi connectivity index (χ0) is 16.1. The first kappa shape index (κ1) is 15.7. The fourth-order valence-corrected chi connectivity index (χ4v) is 3.56. The highest BCUT2D eigenvalue weighted by Gasteiger charge is 2.19. The van der Waals surface area contributed by atoms with Gasteiger partial charge in [0.2, 0.25) is 5.91 Å². The Morgan fingerprint density at radius 2 is 1.61 bits per heavy atom. The number of amides is 1. The minimum atomic E-state index is 0.124. The van der Waals surface area contributed by atoms with E-state index in [9.17, 15) is 4.79 Å². The molecule has 1 heterocycles. The third-order valence-corrected chi connectivity index (χ3v) is 4.94. The van der Waals surface area contributed by atoms with E-state index in [2.05, 4.69) is 5.32 Å². The second kappa shape index (κ2) is 7.42. The van der Waals surface area contributed by atoms with E-state index in [1.54, 1.807) is 7.11 Å². The highest BCUT2D eigenvalue weighted by molar-refractivity contribution is 7.99. The predicted molar refractivity (Wildman–Crippen MR) is 92.3 cm³/mol. The molecule has 1 aliphatic rings. The maximum Gasteiger partial charge on any atom is 0.221 e. The van der Waals surface area contributed by atoms with Gasteiger partial charge in [0.25, 0.3) is 0 Å². The molecule has 1 aliphatic heterocycles. The van der Waals surface area contributed by atoms with Gasteiger partial charge < -0.3 is 14.8 Å². The Morgan fingerprint density at radius 3 is 2.26 bits per heavy atom. The lowest BCUT2D eigenvalue weighted by molar-refractivity contribution is -0.120. The summed E-state index contributed by atoms with van der Waals surface area (Å²) in [4.78, 5) is 11.7. The van der Waals surface area contributed by atoms with Gasteiger partial charge in [-0.15, -0.1) is 0 Å². The highest BCUT2D eigenvalue weighted by atomic mass is 32.2. The molecule has 0 radical (unpaired) electrons. The van der Waals surface area contributed by atoms with Crippen LogP contribution in [0.3, 0.4) is 0 Å². The summed E-state index contributed by atoms with van der Waals surface area (Å²) in [6.07, 6.45) is 0.531. The summed E-state index contributed by atoms with van der Waals surface area (Å²) in [5, 5.41) is 3.12. The molecule has 5 heteroatoms. The summed E-state index contributed by atoms with van der Waals surface area (Å²) < 4.78 is 11.0. The summed E-state index contributed by atoms with van der Waals surface area (Å²) in [5.74, 6) is 3.42. The summed E-state index contributed by atoms with van der Waals surface area (Å²) in [5.41, 5.74) is 1.16. The highest BCUT2D eigenvalue weighted by Crippen LogP contribution is 2.34. The molecule has 4 nitrogen and oxygen atoms in total. The van der Waals surface area contributed by atoms with E-state index in [-0.39, 0.29) is 11.2 Å². The first-order valence-corrected chi connectivity index (χ1v) is 8.59. The Labute approximate surface area is 140 Å². The minimum absolute atomic E-state index is 0.124. The van der Waals surface area contributed by atoms with Gasteiger partial charge in [-0.3, -0.25) is 4.79 Å². The number of methoxy groups -OCH3 is 1. The van der Waals surface area contributed by atoms with Crippen molar-refractivity contribution in [2.24, 2.45) is 0 Å². The fourth-order valence-electron chi connectivity index (χ4n) is 2.44. The number of carbonyl (C=O) groups excluding carboxylic acids is 1. The maximum atomic E-state index is 11.7. The van der Waals surface area contributed by atoms with Crippen molar-refractivity contribution in [1.82, 2.24) is 5.32 Å². The van der Waals surface area contributed by atoms with Crippen LogP contribution in [0.25, 0.3) is 0 Å². The predicted octanol–water partition coefficient (Wildman–Crippen LogP) is 3.78. The van der Waals surface area contributed by atoms with Crippen molar-refractivity contribution in [1.29, 1.82) is 0 Å². The van der Waals surface area contributed by atoms with Crippen molar-refractivity contribution >= 4 is 17.7 Å². The van der Waals surface area contributed by atoms with Gasteiger partial charge in [0, 0.05) is 24.0 Å². The third kappa shape index (κ3) is 4.20. The fraction of sp³-hybridized carbons (Fsp3) is 0.278. The Bertz CT molecular complexity index is 655. The number of rotatable bonds is 4. The van der Waals surface area contributed by atoms with Crippen LogP contribution >= 0.6 is 11.8 Å². The number of ether oxygens (including phenoxy) is 2. The smallest absolute Gasteiger partial charge is 0.221 e. The van der Waals surface area contributed by atoms with E-state index < -0.39 is 0 Å². The quantitative estimate of drug-likeness (QED) is 0.927. The molecule has 1 N–H and O–H groups in total. The number of thioether (sulfide) groups is 1. The van der Waals surface area contributed by atoms with E-state index >= 15 is 0 Å². The molecule has 23 heavy (non-hydrogen) atoms. The first-order valence-electron chi connectivity index (χ1n) is 7.55. The average Bonchev–Trinajstić information content (AvgIpc) is 2.81. The second-order valence-electron chi connectivity index (χ2n) is 5.26. The summed E-state index contributed by atoms with van der Waals surface area (Å²) >= 11 is 1.82. The van der Waals surface area contributed by atoms with Gasteiger partial charge in [0.05, 0.1) is 7.11 Å². The summed E-state index contributed by atoms with van der Waals surface area (Å²) in [7, 11) is 1.64. The van der Waals surface area contributed by atoms with E-state index in [1.165, 1.54) is 0 Å². The molecule has 1 saturated heterocycles. The lowest BCUT2D eigenvalue weighted by atomic mass is 10.1. The lowest BCUT2D eigenvalue weighted by Gasteiger charge is -2.13. The lowest BCUT2D eigenvalue weighted by Crippen LogP contribution is -2.23. The number of carbonyl (C=O) groups is 1. The molecule has 3 rings (SSSR count). The molecule has 120 valence electrons. The summed E-state index contributed by atoms with van der Waals surface area (Å²) in [6, 6.07) is 15.4. The molecule has 0 bridgehead atoms. The van der Waals surface area contributed by atoms with Crippen LogP contribution in [0.15, 0.2) is 48.5 Å². The Hall–Kier alpha value is -2.14. The molecule has 2 aromatic carbocycles. The molecule has 1 unspecified atom stereocenters. The Balaban J connectivity index is 1.67. The van der Waals surface area contributed by atoms with Crippen LogP contribution < -0.4 is 14.8 Å². The van der Waals surface area contributed by atoms with Crippen molar-refractivity contribution < 1.29 is 14.3 Å². The maximum absolute atomic E-state index is 11.7. The molecule has 0 spiro atoms. The molecule has 1 amide bonds. The number of hydrogen-bond donors (Lipinski definition) is 1. The van der Waals surface area contributed by atoms with E-state index in [0.717, 1.165) is 35.1 Å². The summed E-state index contributed by atoms with van der Waals surface area (Å²) in [6.45, 7) is 0.749. The monoisotopic (exact) mass is 329 g/mol. The van der Waals surface area contributed by atoms with Gasteiger partial charge in [-0.05, 0) is 42.0 Å². The molecule has 1 fully saturated rings. The van der Waals surface area contributed by atoms with Gasteiger partial charge >= 0.3 is 0 Å². The van der Waals surface area contributed by atoms with Gasteiger partial charge in [0.1, 0.15) is 17.2 Å². The van der Waals surface area contributed by atoms with Crippen LogP contribution in [-0.2, 0) is 4.79 Å². The zero-order valence-corrected chi connectivity index (χ0v) is 13.8. The van der Waals surface area contributed by atoms with Crippen molar-refractivity contribution in [3.8, 4) is 17.2 Å². The van der Waals surface area contributed by atoms with Gasteiger partial charge in [-0.25, -0.2) is 0 Å². The van der Waals surface area contributed by atoms with E-state index in [0.29, 0.717) is 6.42 Å². The van der Waals surface area contributed by atoms with Crippen LogP contribution in [0.5, 0.6) is 17.2 Å². The van der Waals surface area contributed by atoms with Crippen LogP contribution in [0.2, 0.25) is 0 Å². The molecule has 0 saturated carbocycles. The first-order chi connectivity index (χ1) is 11.2. The van der Waals surface area contributed by atoms with Crippen molar-refractivity contribution in [2.75, 3.05) is 19.4 Å². The van der Waals surface area contributed by atoms with Crippen molar-refractivity contribution in [3.63, 3.8) is 0 Å². The second-order valence-corrected chi connectivity index (χ2v) is 6.57. The minimum Gasteiger partial charge on any atom is -0.497 e. The number of nitrogens with one attached hydrogen (secondary N) is 1. The number of benzene rings is 2. The average molecular weight is 329 g/mol. The van der Waals surface area contributed by atoms with E-state index in [1.807, 2.05) is 60.3 Å². The molecular weight excluding hydrogens is 310 g/mol. The molecule has 0 aliphatic carbocycles. The van der Waals surface area contributed by atoms with Gasteiger partial charge in [-0.1, -0.05) is 12.1 Å². The molecule has 2 aromatic rings. The zero-order valence-electron chi connectivity index (χ0n) is 13.0.